The number of hydrogen-bond acceptors (Lipinski definition) is 2. The van der Waals surface area contributed by atoms with E-state index in [4.69, 9.17) is 0 Å². The van der Waals surface area contributed by atoms with Crippen LogP contribution in [0.3, 0.4) is 0 Å². The Morgan fingerprint density at radius 3 is 2.04 bits per heavy atom. The highest BCUT2D eigenvalue weighted by Gasteiger charge is 2.21. The highest BCUT2D eigenvalue weighted by molar-refractivity contribution is 5.73. The minimum atomic E-state index is 1.02. The van der Waals surface area contributed by atoms with E-state index < -0.39 is 0 Å². The second kappa shape index (κ2) is 6.01. The first-order valence-electron chi connectivity index (χ1n) is 8.56. The van der Waals surface area contributed by atoms with Crippen LogP contribution in [0.25, 0.3) is 11.1 Å². The summed E-state index contributed by atoms with van der Waals surface area (Å²) in [5, 5.41) is 0. The van der Waals surface area contributed by atoms with Gasteiger partial charge in [-0.25, -0.2) is 0 Å². The van der Waals surface area contributed by atoms with Gasteiger partial charge in [-0.15, -0.1) is 0 Å². The molecule has 1 heterocycles. The predicted molar refractivity (Wildman–Crippen MR) is 100 cm³/mol. The van der Waals surface area contributed by atoms with Crippen LogP contribution in [0.1, 0.15) is 34.7 Å². The molecule has 0 bridgehead atoms. The molecule has 1 aliphatic rings. The van der Waals surface area contributed by atoms with Gasteiger partial charge in [0, 0.05) is 18.8 Å². The molecule has 0 unspecified atom stereocenters. The molecule has 0 fully saturated rings. The third-order valence-corrected chi connectivity index (χ3v) is 5.19. The van der Waals surface area contributed by atoms with E-state index in [0.717, 1.165) is 19.8 Å². The molecule has 2 nitrogen and oxygen atoms in total. The average Bonchev–Trinajstić information content (AvgIpc) is 2.50. The molecule has 0 aliphatic carbocycles. The van der Waals surface area contributed by atoms with Gasteiger partial charge in [0.15, 0.2) is 0 Å². The minimum absolute atomic E-state index is 1.02. The first-order chi connectivity index (χ1) is 10.9. The molecule has 2 heteroatoms. The van der Waals surface area contributed by atoms with Gasteiger partial charge in [-0.05, 0) is 92.7 Å². The van der Waals surface area contributed by atoms with Gasteiger partial charge in [0.25, 0.3) is 0 Å². The second-order valence-electron chi connectivity index (χ2n) is 7.05. The molecule has 0 saturated carbocycles. The molecule has 1 aliphatic heterocycles. The zero-order valence-corrected chi connectivity index (χ0v) is 15.3. The van der Waals surface area contributed by atoms with E-state index in [1.807, 2.05) is 0 Å². The summed E-state index contributed by atoms with van der Waals surface area (Å²) in [5.41, 5.74) is 11.1. The van der Waals surface area contributed by atoms with Crippen LogP contribution in [-0.2, 0) is 6.54 Å². The topological polar surface area (TPSA) is 6.48 Å². The number of anilines is 1. The van der Waals surface area contributed by atoms with Gasteiger partial charge < -0.3 is 4.90 Å². The summed E-state index contributed by atoms with van der Waals surface area (Å²) in [6.07, 6.45) is 0. The lowest BCUT2D eigenvalue weighted by molar-refractivity contribution is 0.310. The Morgan fingerprint density at radius 1 is 0.870 bits per heavy atom. The predicted octanol–water partition coefficient (Wildman–Crippen LogP) is 4.82. The van der Waals surface area contributed by atoms with Crippen LogP contribution in [0.5, 0.6) is 0 Å². The van der Waals surface area contributed by atoms with Crippen LogP contribution in [0, 0.1) is 27.7 Å². The quantitative estimate of drug-likeness (QED) is 0.785. The number of hydrogen-bond donors (Lipinski definition) is 0. The Bertz CT molecular complexity index is 723. The Morgan fingerprint density at radius 2 is 1.43 bits per heavy atom. The number of rotatable bonds is 2. The van der Waals surface area contributed by atoms with Crippen molar-refractivity contribution >= 4 is 5.69 Å². The van der Waals surface area contributed by atoms with Crippen molar-refractivity contribution in [2.75, 3.05) is 25.2 Å². The summed E-state index contributed by atoms with van der Waals surface area (Å²) in [6, 6.07) is 9.40. The summed E-state index contributed by atoms with van der Waals surface area (Å²) >= 11 is 0. The van der Waals surface area contributed by atoms with Crippen molar-refractivity contribution in [1.82, 2.24) is 4.90 Å². The van der Waals surface area contributed by atoms with Crippen LogP contribution < -0.4 is 4.90 Å². The standard InChI is InChI=1S/C21H28N2/c1-7-23-13-22(6)12-20-11-19(10-16(4)21(20)23)18-8-14(2)17(5)15(3)9-18/h8-11H,7,12-13H2,1-6H3. The van der Waals surface area contributed by atoms with Gasteiger partial charge in [-0.3, -0.25) is 4.90 Å². The Labute approximate surface area is 140 Å². The van der Waals surface area contributed by atoms with E-state index in [1.165, 1.54) is 44.6 Å². The maximum absolute atomic E-state index is 2.48. The molecule has 0 N–H and O–H groups in total. The number of aryl methyl sites for hydroxylation is 3. The van der Waals surface area contributed by atoms with E-state index in [0.29, 0.717) is 0 Å². The highest BCUT2D eigenvalue weighted by atomic mass is 15.3. The van der Waals surface area contributed by atoms with E-state index in [9.17, 15) is 0 Å². The normalized spacial score (nSPS) is 15.0. The van der Waals surface area contributed by atoms with Crippen LogP contribution in [-0.4, -0.2) is 25.2 Å². The van der Waals surface area contributed by atoms with Gasteiger partial charge in [-0.2, -0.15) is 0 Å². The maximum atomic E-state index is 2.48. The summed E-state index contributed by atoms with van der Waals surface area (Å²) < 4.78 is 0. The highest BCUT2D eigenvalue weighted by Crippen LogP contribution is 2.35. The lowest BCUT2D eigenvalue weighted by Crippen LogP contribution is -2.40. The summed E-state index contributed by atoms with van der Waals surface area (Å²) in [5.74, 6) is 0. The number of fused-ring (bicyclic) bond motifs is 1. The fourth-order valence-corrected chi connectivity index (χ4v) is 3.76. The molecule has 0 amide bonds. The van der Waals surface area contributed by atoms with Crippen LogP contribution >= 0.6 is 0 Å². The average molecular weight is 308 g/mol. The molecular formula is C21H28N2. The molecule has 0 saturated heterocycles. The Hall–Kier alpha value is -1.80. The van der Waals surface area contributed by atoms with Gasteiger partial charge >= 0.3 is 0 Å². The monoisotopic (exact) mass is 308 g/mol. The molecule has 23 heavy (non-hydrogen) atoms. The van der Waals surface area contributed by atoms with E-state index in [2.05, 4.69) is 75.7 Å². The molecule has 2 aromatic rings. The fraction of sp³-hybridized carbons (Fsp3) is 0.429. The number of benzene rings is 2. The maximum Gasteiger partial charge on any atom is 0.0707 e. The summed E-state index contributed by atoms with van der Waals surface area (Å²) in [7, 11) is 2.20. The van der Waals surface area contributed by atoms with Gasteiger partial charge in [0.05, 0.1) is 6.67 Å². The molecule has 2 aromatic carbocycles. The second-order valence-corrected chi connectivity index (χ2v) is 7.05. The van der Waals surface area contributed by atoms with Crippen LogP contribution in [0.4, 0.5) is 5.69 Å². The molecule has 122 valence electrons. The van der Waals surface area contributed by atoms with Crippen molar-refractivity contribution in [3.05, 3.63) is 52.1 Å². The smallest absolute Gasteiger partial charge is 0.0707 e. The lowest BCUT2D eigenvalue weighted by atomic mass is 9.92. The lowest BCUT2D eigenvalue weighted by Gasteiger charge is -2.37. The molecule has 0 aromatic heterocycles. The van der Waals surface area contributed by atoms with Crippen molar-refractivity contribution in [2.45, 2.75) is 41.2 Å². The first kappa shape index (κ1) is 16.1. The van der Waals surface area contributed by atoms with Gasteiger partial charge in [-0.1, -0.05) is 12.1 Å². The van der Waals surface area contributed by atoms with Crippen molar-refractivity contribution in [3.8, 4) is 11.1 Å². The van der Waals surface area contributed by atoms with E-state index >= 15 is 0 Å². The molecule has 3 rings (SSSR count). The first-order valence-corrected chi connectivity index (χ1v) is 8.56. The SMILES string of the molecule is CCN1CN(C)Cc2cc(-c3cc(C)c(C)c(C)c3)cc(C)c21. The van der Waals surface area contributed by atoms with E-state index in [-0.39, 0.29) is 0 Å². The fourth-order valence-electron chi connectivity index (χ4n) is 3.76. The van der Waals surface area contributed by atoms with Crippen molar-refractivity contribution in [1.29, 1.82) is 0 Å². The number of nitrogens with zero attached hydrogens (tertiary/aromatic N) is 2. The Balaban J connectivity index is 2.13. The van der Waals surface area contributed by atoms with E-state index in [1.54, 1.807) is 0 Å². The Kier molecular flexibility index (Phi) is 4.20. The third-order valence-electron chi connectivity index (χ3n) is 5.19. The van der Waals surface area contributed by atoms with Crippen LogP contribution in [0.2, 0.25) is 0 Å². The molecule has 0 radical (unpaired) electrons. The zero-order valence-electron chi connectivity index (χ0n) is 15.3. The zero-order chi connectivity index (χ0) is 16.7. The largest absolute Gasteiger partial charge is 0.358 e. The molecular weight excluding hydrogens is 280 g/mol. The van der Waals surface area contributed by atoms with Gasteiger partial charge in [0.1, 0.15) is 0 Å². The van der Waals surface area contributed by atoms with Crippen molar-refractivity contribution < 1.29 is 0 Å². The third kappa shape index (κ3) is 2.88. The van der Waals surface area contributed by atoms with Crippen LogP contribution in [0.15, 0.2) is 24.3 Å². The summed E-state index contributed by atoms with van der Waals surface area (Å²) in [6.45, 7) is 14.2. The minimum Gasteiger partial charge on any atom is -0.358 e. The van der Waals surface area contributed by atoms with Crippen molar-refractivity contribution in [2.24, 2.45) is 0 Å². The summed E-state index contributed by atoms with van der Waals surface area (Å²) in [4.78, 5) is 4.87. The van der Waals surface area contributed by atoms with Gasteiger partial charge in [0.2, 0.25) is 0 Å². The molecule has 0 spiro atoms. The molecule has 0 atom stereocenters. The van der Waals surface area contributed by atoms with Crippen molar-refractivity contribution in [3.63, 3.8) is 0 Å².